The van der Waals surface area contributed by atoms with Crippen molar-refractivity contribution in [1.29, 1.82) is 0 Å². The van der Waals surface area contributed by atoms with E-state index in [1.165, 1.54) is 0 Å². The van der Waals surface area contributed by atoms with Gasteiger partial charge in [0.05, 0.1) is 0 Å². The van der Waals surface area contributed by atoms with Crippen LogP contribution >= 0.6 is 0 Å². The predicted octanol–water partition coefficient (Wildman–Crippen LogP) is 2.99. The Labute approximate surface area is 98.3 Å². The molecule has 1 rings (SSSR count). The fraction of sp³-hybridized carbons (Fsp3) is 0.500. The average molecular weight is 218 g/mol. The Morgan fingerprint density at radius 2 is 1.94 bits per heavy atom. The first kappa shape index (κ1) is 12.8. The molecule has 1 radical (unpaired) electrons. The van der Waals surface area contributed by atoms with Gasteiger partial charge in [-0.2, -0.15) is 0 Å². The summed E-state index contributed by atoms with van der Waals surface area (Å²) in [4.78, 5) is 13.1. The van der Waals surface area contributed by atoms with Crippen molar-refractivity contribution in [2.75, 3.05) is 0 Å². The van der Waals surface area contributed by atoms with Crippen LogP contribution in [0, 0.1) is 0 Å². The summed E-state index contributed by atoms with van der Waals surface area (Å²) in [7, 11) is 0. The minimum atomic E-state index is 0.436. The highest BCUT2D eigenvalue weighted by Gasteiger charge is 2.13. The Balaban J connectivity index is 2.93. The second kappa shape index (κ2) is 5.69. The number of rotatable bonds is 4. The molecule has 0 saturated heterocycles. The van der Waals surface area contributed by atoms with E-state index in [9.17, 15) is 4.79 Å². The maximum Gasteiger partial charge on any atom is 0.233 e. The van der Waals surface area contributed by atoms with Crippen LogP contribution in [-0.2, 0) is 4.79 Å². The molecule has 0 aromatic rings. The first-order valence-corrected chi connectivity index (χ1v) is 5.79. The first-order chi connectivity index (χ1) is 7.56. The summed E-state index contributed by atoms with van der Waals surface area (Å²) in [5.41, 5.74) is 1.73. The lowest BCUT2D eigenvalue weighted by Gasteiger charge is -2.30. The van der Waals surface area contributed by atoms with Gasteiger partial charge in [-0.3, -0.25) is 4.79 Å². The molecule has 0 bridgehead atoms. The van der Waals surface area contributed by atoms with Crippen molar-refractivity contribution < 1.29 is 4.79 Å². The van der Waals surface area contributed by atoms with Crippen LogP contribution in [0.5, 0.6) is 0 Å². The fourth-order valence-electron chi connectivity index (χ4n) is 1.87. The maximum absolute atomic E-state index is 10.8. The van der Waals surface area contributed by atoms with Gasteiger partial charge in [-0.25, -0.2) is 0 Å². The highest BCUT2D eigenvalue weighted by molar-refractivity contribution is 5.82. The zero-order valence-corrected chi connectivity index (χ0v) is 10.5. The van der Waals surface area contributed by atoms with Crippen molar-refractivity contribution in [2.24, 2.45) is 0 Å². The largest absolute Gasteiger partial charge is 0.372 e. The van der Waals surface area contributed by atoms with Crippen LogP contribution in [0.2, 0.25) is 0 Å². The second-order valence-corrected chi connectivity index (χ2v) is 4.60. The lowest BCUT2D eigenvalue weighted by atomic mass is 9.99. The normalized spacial score (nSPS) is 18.1. The van der Waals surface area contributed by atoms with Gasteiger partial charge in [0.2, 0.25) is 6.29 Å². The van der Waals surface area contributed by atoms with Crippen LogP contribution in [0.4, 0.5) is 0 Å². The van der Waals surface area contributed by atoms with Crippen LogP contribution in [0.25, 0.3) is 0 Å². The molecule has 2 heteroatoms. The van der Waals surface area contributed by atoms with Crippen LogP contribution in [0.15, 0.2) is 35.6 Å². The Morgan fingerprint density at radius 3 is 2.44 bits per heavy atom. The van der Waals surface area contributed by atoms with Crippen LogP contribution in [-0.4, -0.2) is 23.3 Å². The van der Waals surface area contributed by atoms with Gasteiger partial charge in [0, 0.05) is 23.9 Å². The molecule has 0 aromatic carbocycles. The highest BCUT2D eigenvalue weighted by Crippen LogP contribution is 2.20. The van der Waals surface area contributed by atoms with Crippen LogP contribution in [0.1, 0.15) is 34.1 Å². The third-order valence-electron chi connectivity index (χ3n) is 2.69. The van der Waals surface area contributed by atoms with E-state index in [2.05, 4.69) is 44.9 Å². The molecule has 1 aliphatic rings. The lowest BCUT2D eigenvalue weighted by Crippen LogP contribution is -2.32. The molecule has 0 atom stereocenters. The number of hydrogen-bond acceptors (Lipinski definition) is 2. The van der Waals surface area contributed by atoms with E-state index in [1.54, 1.807) is 0 Å². The molecule has 0 saturated carbocycles. The third-order valence-corrected chi connectivity index (χ3v) is 2.69. The second-order valence-electron chi connectivity index (χ2n) is 4.60. The van der Waals surface area contributed by atoms with Gasteiger partial charge in [-0.05, 0) is 39.7 Å². The van der Waals surface area contributed by atoms with Gasteiger partial charge in [0.15, 0.2) is 0 Å². The van der Waals surface area contributed by atoms with Crippen LogP contribution in [0.3, 0.4) is 0 Å². The zero-order chi connectivity index (χ0) is 12.1. The van der Waals surface area contributed by atoms with E-state index in [1.807, 2.05) is 18.4 Å². The van der Waals surface area contributed by atoms with Gasteiger partial charge in [-0.15, -0.1) is 0 Å². The molecule has 2 nitrogen and oxygen atoms in total. The molecule has 0 aliphatic heterocycles. The highest BCUT2D eigenvalue weighted by atomic mass is 16.1. The van der Waals surface area contributed by atoms with E-state index in [0.717, 1.165) is 12.0 Å². The SMILES string of the molecule is CC(C)N(C=C1CC=CC=C1[C]=O)C(C)C. The Morgan fingerprint density at radius 1 is 1.31 bits per heavy atom. The monoisotopic (exact) mass is 218 g/mol. The van der Waals surface area contributed by atoms with Gasteiger partial charge in [0.1, 0.15) is 0 Å². The Hall–Kier alpha value is -1.31. The molecule has 0 fully saturated rings. The maximum atomic E-state index is 10.8. The molecule has 87 valence electrons. The number of carbonyl (C=O) groups excluding carboxylic acids is 1. The Bertz CT molecular complexity index is 327. The topological polar surface area (TPSA) is 20.3 Å². The van der Waals surface area contributed by atoms with E-state index in [-0.39, 0.29) is 0 Å². The zero-order valence-electron chi connectivity index (χ0n) is 10.5. The van der Waals surface area contributed by atoms with Gasteiger partial charge >= 0.3 is 0 Å². The number of hydrogen-bond donors (Lipinski definition) is 0. The molecule has 0 heterocycles. The smallest absolute Gasteiger partial charge is 0.233 e. The number of allylic oxidation sites excluding steroid dienone is 5. The third kappa shape index (κ3) is 3.09. The molecule has 0 amide bonds. The minimum Gasteiger partial charge on any atom is -0.372 e. The summed E-state index contributed by atoms with van der Waals surface area (Å²) in [5.74, 6) is 0. The van der Waals surface area contributed by atoms with Crippen molar-refractivity contribution in [1.82, 2.24) is 4.90 Å². The van der Waals surface area contributed by atoms with Gasteiger partial charge in [0.25, 0.3) is 0 Å². The van der Waals surface area contributed by atoms with Crippen molar-refractivity contribution >= 4 is 6.29 Å². The summed E-state index contributed by atoms with van der Waals surface area (Å²) in [5, 5.41) is 0. The van der Waals surface area contributed by atoms with E-state index < -0.39 is 0 Å². The van der Waals surface area contributed by atoms with E-state index >= 15 is 0 Å². The number of nitrogens with zero attached hydrogens (tertiary/aromatic N) is 1. The molecule has 16 heavy (non-hydrogen) atoms. The van der Waals surface area contributed by atoms with E-state index in [4.69, 9.17) is 0 Å². The molecule has 0 aromatic heterocycles. The summed E-state index contributed by atoms with van der Waals surface area (Å²) in [6, 6.07) is 0.873. The molecule has 0 unspecified atom stereocenters. The van der Waals surface area contributed by atoms with Crippen molar-refractivity contribution in [3.63, 3.8) is 0 Å². The Kier molecular flexibility index (Phi) is 4.53. The summed E-state index contributed by atoms with van der Waals surface area (Å²) < 4.78 is 0. The summed E-state index contributed by atoms with van der Waals surface area (Å²) in [6.07, 6.45) is 10.7. The van der Waals surface area contributed by atoms with Gasteiger partial charge in [-0.1, -0.05) is 18.2 Å². The van der Waals surface area contributed by atoms with Crippen LogP contribution < -0.4 is 0 Å². The first-order valence-electron chi connectivity index (χ1n) is 5.79. The van der Waals surface area contributed by atoms with Crippen molar-refractivity contribution in [3.05, 3.63) is 35.6 Å². The predicted molar refractivity (Wildman–Crippen MR) is 67.7 cm³/mol. The molecule has 0 N–H and O–H groups in total. The quantitative estimate of drug-likeness (QED) is 0.723. The van der Waals surface area contributed by atoms with Gasteiger partial charge < -0.3 is 4.90 Å². The molecular formula is C14H20NO. The average Bonchev–Trinajstić information content (AvgIpc) is 2.25. The molecular weight excluding hydrogens is 198 g/mol. The summed E-state index contributed by atoms with van der Waals surface area (Å²) >= 11 is 0. The molecule has 1 aliphatic carbocycles. The summed E-state index contributed by atoms with van der Waals surface area (Å²) in [6.45, 7) is 8.63. The fourth-order valence-corrected chi connectivity index (χ4v) is 1.87. The standard InChI is InChI=1S/C14H20NO/c1-11(2)15(12(3)4)9-13-7-5-6-8-14(13)10-16/h5-6,8-9,11-12H,7H2,1-4H3. The molecule has 0 spiro atoms. The lowest BCUT2D eigenvalue weighted by molar-refractivity contribution is 0.254. The van der Waals surface area contributed by atoms with E-state index in [0.29, 0.717) is 17.7 Å². The van der Waals surface area contributed by atoms with Crippen molar-refractivity contribution in [3.8, 4) is 0 Å². The van der Waals surface area contributed by atoms with Crippen molar-refractivity contribution in [2.45, 2.75) is 46.2 Å². The minimum absolute atomic E-state index is 0.436.